The molecule has 0 bridgehead atoms. The summed E-state index contributed by atoms with van der Waals surface area (Å²) < 4.78 is 5.05. The molecule has 0 heterocycles. The number of carbonyl (C=O) groups excluding carboxylic acids is 3. The van der Waals surface area contributed by atoms with Gasteiger partial charge in [0.05, 0.1) is 19.1 Å². The fourth-order valence-electron chi connectivity index (χ4n) is 2.27. The second kappa shape index (κ2) is 8.10. The van der Waals surface area contributed by atoms with Crippen LogP contribution in [0.5, 0.6) is 5.75 Å². The number of amides is 2. The highest BCUT2D eigenvalue weighted by Crippen LogP contribution is 2.17. The first-order chi connectivity index (χ1) is 11.9. The molecule has 25 heavy (non-hydrogen) atoms. The number of methoxy groups -OCH3 is 1. The lowest BCUT2D eigenvalue weighted by Gasteiger charge is -2.13. The zero-order valence-electron chi connectivity index (χ0n) is 14.4. The summed E-state index contributed by atoms with van der Waals surface area (Å²) in [7, 11) is 4.78. The van der Waals surface area contributed by atoms with E-state index in [0.29, 0.717) is 11.4 Å². The number of benzene rings is 2. The Hall–Kier alpha value is -3.15. The van der Waals surface area contributed by atoms with E-state index in [2.05, 4.69) is 5.32 Å². The van der Waals surface area contributed by atoms with Gasteiger partial charge in [0.1, 0.15) is 5.75 Å². The minimum Gasteiger partial charge on any atom is -0.497 e. The Labute approximate surface area is 146 Å². The number of Topliss-reactive ketones (excluding diaryl/α,β-unsaturated/α-hetero) is 1. The summed E-state index contributed by atoms with van der Waals surface area (Å²) in [4.78, 5) is 38.1. The lowest BCUT2D eigenvalue weighted by atomic mass is 10.0. The Balaban J connectivity index is 2.08. The number of ether oxygens (including phenoxy) is 1. The number of hydrogen-bond acceptors (Lipinski definition) is 4. The minimum atomic E-state index is -0.442. The summed E-state index contributed by atoms with van der Waals surface area (Å²) in [6, 6.07) is 13.3. The van der Waals surface area contributed by atoms with E-state index >= 15 is 0 Å². The van der Waals surface area contributed by atoms with Gasteiger partial charge >= 0.3 is 0 Å². The largest absolute Gasteiger partial charge is 0.497 e. The third-order valence-corrected chi connectivity index (χ3v) is 3.56. The van der Waals surface area contributed by atoms with Crippen molar-refractivity contribution in [2.24, 2.45) is 0 Å². The zero-order chi connectivity index (χ0) is 18.4. The molecule has 0 atom stereocenters. The van der Waals surface area contributed by atoms with Crippen molar-refractivity contribution in [2.75, 3.05) is 26.5 Å². The van der Waals surface area contributed by atoms with E-state index in [0.717, 1.165) is 0 Å². The van der Waals surface area contributed by atoms with Crippen LogP contribution >= 0.6 is 0 Å². The van der Waals surface area contributed by atoms with E-state index in [-0.39, 0.29) is 23.5 Å². The van der Waals surface area contributed by atoms with Crippen molar-refractivity contribution in [1.82, 2.24) is 4.90 Å². The fourth-order valence-corrected chi connectivity index (χ4v) is 2.27. The van der Waals surface area contributed by atoms with Gasteiger partial charge in [-0.1, -0.05) is 18.2 Å². The topological polar surface area (TPSA) is 75.7 Å². The van der Waals surface area contributed by atoms with E-state index in [9.17, 15) is 14.4 Å². The van der Waals surface area contributed by atoms with Crippen LogP contribution < -0.4 is 10.1 Å². The summed E-state index contributed by atoms with van der Waals surface area (Å²) in [6.45, 7) is 0. The van der Waals surface area contributed by atoms with Gasteiger partial charge in [0.25, 0.3) is 5.91 Å². The predicted octanol–water partition coefficient (Wildman–Crippen LogP) is 2.61. The maximum Gasteiger partial charge on any atom is 0.254 e. The van der Waals surface area contributed by atoms with Gasteiger partial charge in [0.2, 0.25) is 5.91 Å². The van der Waals surface area contributed by atoms with Gasteiger partial charge in [-0.05, 0) is 30.3 Å². The van der Waals surface area contributed by atoms with Gasteiger partial charge in [0, 0.05) is 25.3 Å². The Kier molecular flexibility index (Phi) is 5.89. The molecular formula is C19H20N2O4. The zero-order valence-corrected chi connectivity index (χ0v) is 14.4. The van der Waals surface area contributed by atoms with Crippen LogP contribution in [-0.2, 0) is 4.79 Å². The van der Waals surface area contributed by atoms with Crippen molar-refractivity contribution >= 4 is 23.3 Å². The number of hydrogen-bond donors (Lipinski definition) is 1. The summed E-state index contributed by atoms with van der Waals surface area (Å²) in [5.74, 6) is -0.455. The maximum absolute atomic E-state index is 12.4. The molecule has 0 spiro atoms. The smallest absolute Gasteiger partial charge is 0.254 e. The quantitative estimate of drug-likeness (QED) is 0.648. The standard InChI is InChI=1S/C19H20N2O4/c1-21(2)19(24)16-7-5-4-6-15(16)17(22)12-18(23)20-13-8-10-14(25-3)11-9-13/h4-11H,12H2,1-3H3,(H,20,23). The lowest BCUT2D eigenvalue weighted by molar-refractivity contribution is -0.115. The van der Waals surface area contributed by atoms with E-state index in [1.165, 1.54) is 4.90 Å². The van der Waals surface area contributed by atoms with Crippen LogP contribution in [0.15, 0.2) is 48.5 Å². The van der Waals surface area contributed by atoms with E-state index in [4.69, 9.17) is 4.74 Å². The Bertz CT molecular complexity index is 782. The van der Waals surface area contributed by atoms with Crippen molar-refractivity contribution in [3.05, 3.63) is 59.7 Å². The molecule has 0 saturated carbocycles. The van der Waals surface area contributed by atoms with Crippen LogP contribution in [0.2, 0.25) is 0 Å². The van der Waals surface area contributed by atoms with Crippen molar-refractivity contribution in [3.8, 4) is 5.75 Å². The third kappa shape index (κ3) is 4.67. The van der Waals surface area contributed by atoms with Gasteiger partial charge in [-0.3, -0.25) is 14.4 Å². The van der Waals surface area contributed by atoms with Crippen molar-refractivity contribution in [1.29, 1.82) is 0 Å². The average molecular weight is 340 g/mol. The Morgan fingerprint density at radius 1 is 0.960 bits per heavy atom. The number of anilines is 1. The minimum absolute atomic E-state index is 0.242. The molecule has 6 nitrogen and oxygen atoms in total. The predicted molar refractivity (Wildman–Crippen MR) is 95.0 cm³/mol. The molecule has 0 fully saturated rings. The van der Waals surface area contributed by atoms with Crippen LogP contribution in [0.1, 0.15) is 27.1 Å². The number of ketones is 1. The van der Waals surface area contributed by atoms with Crippen LogP contribution in [0.3, 0.4) is 0 Å². The normalized spacial score (nSPS) is 10.0. The van der Waals surface area contributed by atoms with Crippen molar-refractivity contribution < 1.29 is 19.1 Å². The van der Waals surface area contributed by atoms with Gasteiger partial charge in [-0.25, -0.2) is 0 Å². The molecule has 0 aromatic heterocycles. The van der Waals surface area contributed by atoms with Crippen molar-refractivity contribution in [2.45, 2.75) is 6.42 Å². The van der Waals surface area contributed by atoms with Crippen LogP contribution in [-0.4, -0.2) is 43.7 Å². The number of nitrogens with one attached hydrogen (secondary N) is 1. The Morgan fingerprint density at radius 2 is 1.56 bits per heavy atom. The fraction of sp³-hybridized carbons (Fsp3) is 0.211. The second-order valence-corrected chi connectivity index (χ2v) is 5.62. The SMILES string of the molecule is COc1ccc(NC(=O)CC(=O)c2ccccc2C(=O)N(C)C)cc1. The monoisotopic (exact) mass is 340 g/mol. The summed E-state index contributed by atoms with van der Waals surface area (Å²) in [5.41, 5.74) is 1.09. The number of nitrogens with zero attached hydrogens (tertiary/aromatic N) is 1. The first-order valence-corrected chi connectivity index (χ1v) is 7.70. The van der Waals surface area contributed by atoms with E-state index in [1.54, 1.807) is 69.7 Å². The highest BCUT2D eigenvalue weighted by atomic mass is 16.5. The molecule has 0 aliphatic carbocycles. The Morgan fingerprint density at radius 3 is 2.12 bits per heavy atom. The summed E-state index contributed by atoms with van der Waals surface area (Å²) >= 11 is 0. The summed E-state index contributed by atoms with van der Waals surface area (Å²) in [5, 5.41) is 2.65. The number of carbonyl (C=O) groups is 3. The third-order valence-electron chi connectivity index (χ3n) is 3.56. The maximum atomic E-state index is 12.4. The number of rotatable bonds is 6. The molecule has 1 N–H and O–H groups in total. The van der Waals surface area contributed by atoms with Crippen LogP contribution in [0.4, 0.5) is 5.69 Å². The molecule has 6 heteroatoms. The molecule has 2 aromatic rings. The molecule has 0 aliphatic rings. The molecule has 0 radical (unpaired) electrons. The summed E-state index contributed by atoms with van der Waals surface area (Å²) in [6.07, 6.45) is -0.344. The second-order valence-electron chi connectivity index (χ2n) is 5.62. The van der Waals surface area contributed by atoms with Gasteiger partial charge < -0.3 is 15.0 Å². The molecule has 2 rings (SSSR count). The van der Waals surface area contributed by atoms with Crippen molar-refractivity contribution in [3.63, 3.8) is 0 Å². The van der Waals surface area contributed by atoms with Crippen LogP contribution in [0, 0.1) is 0 Å². The van der Waals surface area contributed by atoms with E-state index in [1.807, 2.05) is 0 Å². The van der Waals surface area contributed by atoms with Crippen LogP contribution in [0.25, 0.3) is 0 Å². The lowest BCUT2D eigenvalue weighted by Crippen LogP contribution is -2.25. The highest BCUT2D eigenvalue weighted by molar-refractivity contribution is 6.15. The highest BCUT2D eigenvalue weighted by Gasteiger charge is 2.20. The molecule has 0 saturated heterocycles. The molecule has 2 amide bonds. The van der Waals surface area contributed by atoms with E-state index < -0.39 is 11.7 Å². The molecule has 130 valence electrons. The molecule has 0 aliphatic heterocycles. The molecule has 2 aromatic carbocycles. The average Bonchev–Trinajstić information content (AvgIpc) is 2.61. The van der Waals surface area contributed by atoms with Gasteiger partial charge in [-0.15, -0.1) is 0 Å². The van der Waals surface area contributed by atoms with Gasteiger partial charge in [0.15, 0.2) is 5.78 Å². The first-order valence-electron chi connectivity index (χ1n) is 7.70. The van der Waals surface area contributed by atoms with Gasteiger partial charge in [-0.2, -0.15) is 0 Å². The first kappa shape index (κ1) is 18.2. The molecular weight excluding hydrogens is 320 g/mol. The molecule has 0 unspecified atom stereocenters.